The Labute approximate surface area is 104 Å². The van der Waals surface area contributed by atoms with E-state index in [0.29, 0.717) is 0 Å². The number of aliphatic hydroxyl groups is 3. The molecule has 0 aromatic carbocycles. The molecule has 1 aliphatic heterocycles. The maximum atomic E-state index is 11.0. The fraction of sp³-hybridized carbons (Fsp3) is 0.800. The summed E-state index contributed by atoms with van der Waals surface area (Å²) in [4.78, 5) is 22.0. The van der Waals surface area contributed by atoms with Crippen molar-refractivity contribution >= 4 is 11.9 Å². The van der Waals surface area contributed by atoms with Crippen molar-refractivity contribution in [2.24, 2.45) is 0 Å². The lowest BCUT2D eigenvalue weighted by Gasteiger charge is -2.41. The van der Waals surface area contributed by atoms with Gasteiger partial charge in [0.1, 0.15) is 18.2 Å². The molecule has 1 aliphatic rings. The molecule has 1 heterocycles. The number of carbonyl (C=O) groups is 2. The van der Waals surface area contributed by atoms with Crippen LogP contribution >= 0.6 is 0 Å². The van der Waals surface area contributed by atoms with Gasteiger partial charge in [-0.3, -0.25) is 9.59 Å². The van der Waals surface area contributed by atoms with Crippen molar-refractivity contribution in [3.05, 3.63) is 0 Å². The molecule has 1 rings (SSSR count). The number of amides is 1. The van der Waals surface area contributed by atoms with E-state index < -0.39 is 49.1 Å². The van der Waals surface area contributed by atoms with E-state index in [1.807, 2.05) is 0 Å². The Bertz CT molecular complexity index is 321. The number of ether oxygens (including phenoxy) is 2. The second-order valence-corrected chi connectivity index (χ2v) is 4.04. The molecule has 8 heteroatoms. The van der Waals surface area contributed by atoms with Crippen molar-refractivity contribution in [1.82, 2.24) is 5.32 Å². The lowest BCUT2D eigenvalue weighted by molar-refractivity contribution is -0.258. The Kier molecular flexibility index (Phi) is 5.03. The third kappa shape index (κ3) is 3.39. The molecule has 0 spiro atoms. The predicted molar refractivity (Wildman–Crippen MR) is 57.1 cm³/mol. The van der Waals surface area contributed by atoms with Crippen LogP contribution in [0.5, 0.6) is 0 Å². The molecule has 0 aromatic heterocycles. The second-order valence-electron chi connectivity index (χ2n) is 4.04. The zero-order valence-corrected chi connectivity index (χ0v) is 10.1. The van der Waals surface area contributed by atoms with Crippen LogP contribution < -0.4 is 5.32 Å². The fourth-order valence-electron chi connectivity index (χ4n) is 1.80. The Balaban J connectivity index is 2.89. The molecule has 0 bridgehead atoms. The summed E-state index contributed by atoms with van der Waals surface area (Å²) in [5, 5.41) is 30.8. The van der Waals surface area contributed by atoms with Crippen LogP contribution in [0.15, 0.2) is 0 Å². The highest BCUT2D eigenvalue weighted by molar-refractivity contribution is 5.73. The van der Waals surface area contributed by atoms with E-state index in [2.05, 4.69) is 5.32 Å². The van der Waals surface area contributed by atoms with Gasteiger partial charge in [0.2, 0.25) is 5.91 Å². The number of aliphatic hydroxyl groups excluding tert-OH is 3. The monoisotopic (exact) mass is 263 g/mol. The molecule has 8 nitrogen and oxygen atoms in total. The Morgan fingerprint density at radius 2 is 1.94 bits per heavy atom. The quantitative estimate of drug-likeness (QED) is 0.414. The molecule has 1 amide bonds. The first-order chi connectivity index (χ1) is 8.36. The van der Waals surface area contributed by atoms with Crippen molar-refractivity contribution < 1.29 is 34.4 Å². The Morgan fingerprint density at radius 3 is 2.39 bits per heavy atom. The van der Waals surface area contributed by atoms with E-state index in [4.69, 9.17) is 14.6 Å². The van der Waals surface area contributed by atoms with Crippen LogP contribution in [-0.4, -0.2) is 64.4 Å². The lowest BCUT2D eigenvalue weighted by Crippen LogP contribution is -2.65. The maximum absolute atomic E-state index is 11.0. The van der Waals surface area contributed by atoms with Gasteiger partial charge in [-0.1, -0.05) is 0 Å². The third-order valence-electron chi connectivity index (χ3n) is 2.54. The largest absolute Gasteiger partial charge is 0.457 e. The van der Waals surface area contributed by atoms with Gasteiger partial charge < -0.3 is 30.1 Å². The highest BCUT2D eigenvalue weighted by atomic mass is 16.6. The van der Waals surface area contributed by atoms with E-state index in [0.717, 1.165) is 6.92 Å². The average molecular weight is 263 g/mol. The first kappa shape index (κ1) is 14.8. The number of hydrogen-bond donors (Lipinski definition) is 4. The van der Waals surface area contributed by atoms with Gasteiger partial charge in [0.25, 0.3) is 0 Å². The van der Waals surface area contributed by atoms with Gasteiger partial charge >= 0.3 is 5.97 Å². The standard InChI is InChI=1S/C10H17NO7/c1-4(13)11-7-9(17-5(2)14)8(15)6(3-12)18-10(7)16/h6-10,12,15-16H,3H2,1-2H3,(H,11,13)/t6-,7+,8+,9-,10+/m1/s1. The van der Waals surface area contributed by atoms with E-state index in [1.54, 1.807) is 0 Å². The molecule has 0 saturated carbocycles. The molecule has 104 valence electrons. The zero-order chi connectivity index (χ0) is 13.9. The van der Waals surface area contributed by atoms with Gasteiger partial charge in [-0.15, -0.1) is 0 Å². The van der Waals surface area contributed by atoms with Gasteiger partial charge in [0.05, 0.1) is 6.61 Å². The summed E-state index contributed by atoms with van der Waals surface area (Å²) in [6.07, 6.45) is -5.11. The Hall–Kier alpha value is -1.22. The summed E-state index contributed by atoms with van der Waals surface area (Å²) < 4.78 is 9.79. The number of nitrogens with one attached hydrogen (secondary N) is 1. The van der Waals surface area contributed by atoms with Gasteiger partial charge in [0, 0.05) is 13.8 Å². The van der Waals surface area contributed by atoms with Gasteiger partial charge in [-0.25, -0.2) is 0 Å². The minimum Gasteiger partial charge on any atom is -0.457 e. The Morgan fingerprint density at radius 1 is 1.33 bits per heavy atom. The van der Waals surface area contributed by atoms with Crippen molar-refractivity contribution in [2.45, 2.75) is 44.5 Å². The minimum absolute atomic E-state index is 0.477. The first-order valence-electron chi connectivity index (χ1n) is 5.43. The first-order valence-corrected chi connectivity index (χ1v) is 5.43. The summed E-state index contributed by atoms with van der Waals surface area (Å²) in [5.74, 6) is -1.16. The van der Waals surface area contributed by atoms with Gasteiger partial charge in [-0.2, -0.15) is 0 Å². The van der Waals surface area contributed by atoms with Gasteiger partial charge in [0.15, 0.2) is 12.4 Å². The van der Waals surface area contributed by atoms with Crippen molar-refractivity contribution in [2.75, 3.05) is 6.61 Å². The third-order valence-corrected chi connectivity index (χ3v) is 2.54. The van der Waals surface area contributed by atoms with Crippen LogP contribution in [0.25, 0.3) is 0 Å². The van der Waals surface area contributed by atoms with Crippen molar-refractivity contribution in [1.29, 1.82) is 0 Å². The van der Waals surface area contributed by atoms with E-state index >= 15 is 0 Å². The number of carbonyl (C=O) groups excluding carboxylic acids is 2. The number of rotatable bonds is 3. The van der Waals surface area contributed by atoms with Crippen LogP contribution in [0.3, 0.4) is 0 Å². The average Bonchev–Trinajstić information content (AvgIpc) is 2.27. The molecule has 0 unspecified atom stereocenters. The summed E-state index contributed by atoms with van der Waals surface area (Å²) in [6, 6.07) is -1.09. The molecule has 5 atom stereocenters. The van der Waals surface area contributed by atoms with Crippen molar-refractivity contribution in [3.8, 4) is 0 Å². The normalized spacial score (nSPS) is 35.9. The van der Waals surface area contributed by atoms with E-state index in [1.165, 1.54) is 6.92 Å². The molecule has 0 aliphatic carbocycles. The maximum Gasteiger partial charge on any atom is 0.303 e. The van der Waals surface area contributed by atoms with Gasteiger partial charge in [-0.05, 0) is 0 Å². The molecular formula is C10H17NO7. The van der Waals surface area contributed by atoms with Crippen molar-refractivity contribution in [3.63, 3.8) is 0 Å². The molecule has 1 saturated heterocycles. The molecular weight excluding hydrogens is 246 g/mol. The van der Waals surface area contributed by atoms with Crippen LogP contribution in [0.2, 0.25) is 0 Å². The fourth-order valence-corrected chi connectivity index (χ4v) is 1.80. The lowest BCUT2D eigenvalue weighted by atomic mass is 9.96. The van der Waals surface area contributed by atoms with Crippen LogP contribution in [0.4, 0.5) is 0 Å². The van der Waals surface area contributed by atoms with E-state index in [9.17, 15) is 19.8 Å². The molecule has 0 radical (unpaired) electrons. The number of esters is 1. The minimum atomic E-state index is -1.49. The van der Waals surface area contributed by atoms with Crippen LogP contribution in [-0.2, 0) is 19.1 Å². The molecule has 18 heavy (non-hydrogen) atoms. The smallest absolute Gasteiger partial charge is 0.303 e. The number of hydrogen-bond acceptors (Lipinski definition) is 7. The highest BCUT2D eigenvalue weighted by Gasteiger charge is 2.46. The molecule has 4 N–H and O–H groups in total. The second kappa shape index (κ2) is 6.10. The SMILES string of the molecule is CC(=O)N[C@H]1[C@@H](OC(C)=O)[C@@H](O)[C@@H](CO)O[C@@H]1O. The summed E-state index contributed by atoms with van der Waals surface area (Å²) >= 11 is 0. The highest BCUT2D eigenvalue weighted by Crippen LogP contribution is 2.22. The van der Waals surface area contributed by atoms with E-state index in [-0.39, 0.29) is 0 Å². The summed E-state index contributed by atoms with van der Waals surface area (Å²) in [7, 11) is 0. The van der Waals surface area contributed by atoms with Crippen LogP contribution in [0, 0.1) is 0 Å². The summed E-state index contributed by atoms with van der Waals surface area (Å²) in [5.41, 5.74) is 0. The zero-order valence-electron chi connectivity index (χ0n) is 10.1. The predicted octanol–water partition coefficient (Wildman–Crippen LogP) is -2.51. The topological polar surface area (TPSA) is 125 Å². The molecule has 0 aromatic rings. The summed E-state index contributed by atoms with van der Waals surface area (Å²) in [6.45, 7) is 1.79. The molecule has 1 fully saturated rings. The van der Waals surface area contributed by atoms with Crippen LogP contribution in [0.1, 0.15) is 13.8 Å².